The van der Waals surface area contributed by atoms with Crippen molar-refractivity contribution in [2.75, 3.05) is 5.75 Å². The molecule has 0 heterocycles. The smallest absolute Gasteiger partial charge is 0.243 e. The summed E-state index contributed by atoms with van der Waals surface area (Å²) in [6.07, 6.45) is 4.86. The van der Waals surface area contributed by atoms with E-state index in [2.05, 4.69) is 5.32 Å². The first-order valence-electron chi connectivity index (χ1n) is 11.1. The van der Waals surface area contributed by atoms with E-state index in [0.29, 0.717) is 34.5 Å². The van der Waals surface area contributed by atoms with Crippen molar-refractivity contribution in [2.24, 2.45) is 0 Å². The van der Waals surface area contributed by atoms with Crippen molar-refractivity contribution in [3.63, 3.8) is 0 Å². The van der Waals surface area contributed by atoms with Crippen LogP contribution in [-0.2, 0) is 21.9 Å². The Morgan fingerprint density at radius 2 is 1.78 bits per heavy atom. The topological polar surface area (TPSA) is 49.4 Å². The second kappa shape index (κ2) is 12.5. The zero-order chi connectivity index (χ0) is 22.9. The minimum Gasteiger partial charge on any atom is -0.352 e. The van der Waals surface area contributed by atoms with E-state index in [9.17, 15) is 9.59 Å². The normalized spacial score (nSPS) is 14.8. The number of thioether (sulfide) groups is 1. The number of nitrogens with zero attached hydrogens (tertiary/aromatic N) is 1. The monoisotopic (exact) mass is 492 g/mol. The molecule has 1 aliphatic rings. The molecule has 2 aromatic rings. The molecule has 172 valence electrons. The number of halogens is 2. The summed E-state index contributed by atoms with van der Waals surface area (Å²) in [6, 6.07) is 14.8. The molecule has 0 unspecified atom stereocenters. The van der Waals surface area contributed by atoms with Crippen molar-refractivity contribution >= 4 is 46.8 Å². The molecule has 7 heteroatoms. The van der Waals surface area contributed by atoms with Gasteiger partial charge in [-0.15, -0.1) is 11.8 Å². The predicted octanol–water partition coefficient (Wildman–Crippen LogP) is 6.09. The van der Waals surface area contributed by atoms with Crippen LogP contribution in [0.5, 0.6) is 0 Å². The molecule has 2 aromatic carbocycles. The van der Waals surface area contributed by atoms with Crippen LogP contribution in [0.25, 0.3) is 0 Å². The SMILES string of the molecule is CC[C@H](C(=O)NC1CCCC1)N(Cc1ccccc1Cl)C(=O)CSCc1ccc(Cl)cc1. The number of amides is 2. The van der Waals surface area contributed by atoms with E-state index in [1.807, 2.05) is 55.5 Å². The van der Waals surface area contributed by atoms with Gasteiger partial charge >= 0.3 is 0 Å². The molecule has 1 aliphatic carbocycles. The van der Waals surface area contributed by atoms with Crippen LogP contribution < -0.4 is 5.32 Å². The molecule has 4 nitrogen and oxygen atoms in total. The molecule has 0 bridgehead atoms. The highest BCUT2D eigenvalue weighted by Gasteiger charge is 2.30. The van der Waals surface area contributed by atoms with Crippen LogP contribution in [0.3, 0.4) is 0 Å². The fourth-order valence-electron chi connectivity index (χ4n) is 4.02. The van der Waals surface area contributed by atoms with Gasteiger partial charge in [-0.25, -0.2) is 0 Å². The molecule has 1 saturated carbocycles. The number of carbonyl (C=O) groups is 2. The van der Waals surface area contributed by atoms with E-state index >= 15 is 0 Å². The fourth-order valence-corrected chi connectivity index (χ4v) is 5.21. The third-order valence-electron chi connectivity index (χ3n) is 5.79. The number of benzene rings is 2. The molecule has 3 rings (SSSR count). The van der Waals surface area contributed by atoms with Gasteiger partial charge in [0, 0.05) is 28.4 Å². The van der Waals surface area contributed by atoms with Gasteiger partial charge in [0.2, 0.25) is 11.8 Å². The molecule has 0 aliphatic heterocycles. The molecule has 1 N–H and O–H groups in total. The van der Waals surface area contributed by atoms with Crippen LogP contribution in [0.4, 0.5) is 0 Å². The number of nitrogens with one attached hydrogen (secondary N) is 1. The van der Waals surface area contributed by atoms with Gasteiger partial charge in [0.25, 0.3) is 0 Å². The van der Waals surface area contributed by atoms with Crippen molar-refractivity contribution < 1.29 is 9.59 Å². The van der Waals surface area contributed by atoms with E-state index in [-0.39, 0.29) is 17.9 Å². The van der Waals surface area contributed by atoms with Gasteiger partial charge in [-0.2, -0.15) is 0 Å². The second-order valence-corrected chi connectivity index (χ2v) is 9.98. The van der Waals surface area contributed by atoms with Gasteiger partial charge in [0.05, 0.1) is 5.75 Å². The largest absolute Gasteiger partial charge is 0.352 e. The maximum Gasteiger partial charge on any atom is 0.243 e. The Balaban J connectivity index is 1.70. The molecule has 0 aromatic heterocycles. The van der Waals surface area contributed by atoms with Crippen molar-refractivity contribution in [2.45, 2.75) is 63.4 Å². The number of carbonyl (C=O) groups excluding carboxylic acids is 2. The van der Waals surface area contributed by atoms with Gasteiger partial charge < -0.3 is 10.2 Å². The summed E-state index contributed by atoms with van der Waals surface area (Å²) >= 11 is 13.9. The lowest BCUT2D eigenvalue weighted by Gasteiger charge is -2.31. The van der Waals surface area contributed by atoms with E-state index in [0.717, 1.165) is 36.8 Å². The van der Waals surface area contributed by atoms with Gasteiger partial charge in [-0.05, 0) is 48.6 Å². The lowest BCUT2D eigenvalue weighted by molar-refractivity contribution is -0.139. The number of hydrogen-bond acceptors (Lipinski definition) is 3. The van der Waals surface area contributed by atoms with Gasteiger partial charge in [0.15, 0.2) is 0 Å². The van der Waals surface area contributed by atoms with E-state index in [1.165, 1.54) is 11.8 Å². The minimum atomic E-state index is -0.518. The van der Waals surface area contributed by atoms with Crippen LogP contribution in [0.2, 0.25) is 10.0 Å². The third kappa shape index (κ3) is 7.16. The maximum atomic E-state index is 13.3. The summed E-state index contributed by atoms with van der Waals surface area (Å²) in [5.41, 5.74) is 1.95. The van der Waals surface area contributed by atoms with Gasteiger partial charge in [0.1, 0.15) is 6.04 Å². The van der Waals surface area contributed by atoms with Crippen LogP contribution >= 0.6 is 35.0 Å². The highest BCUT2D eigenvalue weighted by molar-refractivity contribution is 7.99. The Bertz CT molecular complexity index is 901. The summed E-state index contributed by atoms with van der Waals surface area (Å²) in [5, 5.41) is 4.46. The van der Waals surface area contributed by atoms with E-state index < -0.39 is 6.04 Å². The molecular weight excluding hydrogens is 463 g/mol. The Morgan fingerprint density at radius 1 is 1.09 bits per heavy atom. The first-order chi connectivity index (χ1) is 15.5. The second-order valence-electron chi connectivity index (χ2n) is 8.15. The molecule has 0 spiro atoms. The highest BCUT2D eigenvalue weighted by atomic mass is 35.5. The standard InChI is InChI=1S/C25H30Cl2N2O2S/c1-2-23(25(31)28-21-8-4-5-9-21)29(15-19-7-3-6-10-22(19)27)24(30)17-32-16-18-11-13-20(26)14-12-18/h3,6-7,10-14,21,23H,2,4-5,8-9,15-17H2,1H3,(H,28,31)/t23-/m1/s1. The maximum absolute atomic E-state index is 13.3. The van der Waals surface area contributed by atoms with Gasteiger partial charge in [-0.3, -0.25) is 9.59 Å². The molecule has 1 atom stereocenters. The Morgan fingerprint density at radius 3 is 2.44 bits per heavy atom. The summed E-state index contributed by atoms with van der Waals surface area (Å²) in [5.74, 6) is 0.869. The highest BCUT2D eigenvalue weighted by Crippen LogP contribution is 2.23. The van der Waals surface area contributed by atoms with Crippen molar-refractivity contribution in [3.05, 3.63) is 69.7 Å². The van der Waals surface area contributed by atoms with Crippen molar-refractivity contribution in [1.29, 1.82) is 0 Å². The third-order valence-corrected chi connectivity index (χ3v) is 7.40. The van der Waals surface area contributed by atoms with Gasteiger partial charge in [-0.1, -0.05) is 73.3 Å². The van der Waals surface area contributed by atoms with Crippen molar-refractivity contribution in [3.8, 4) is 0 Å². The summed E-state index contributed by atoms with van der Waals surface area (Å²) < 4.78 is 0. The minimum absolute atomic E-state index is 0.0581. The Kier molecular flexibility index (Phi) is 9.76. The number of rotatable bonds is 10. The number of hydrogen-bond donors (Lipinski definition) is 1. The first-order valence-corrected chi connectivity index (χ1v) is 13.0. The summed E-state index contributed by atoms with van der Waals surface area (Å²) in [6.45, 7) is 2.27. The van der Waals surface area contributed by atoms with Crippen LogP contribution in [0.1, 0.15) is 50.2 Å². The summed E-state index contributed by atoms with van der Waals surface area (Å²) in [7, 11) is 0. The molecule has 32 heavy (non-hydrogen) atoms. The fraction of sp³-hybridized carbons (Fsp3) is 0.440. The van der Waals surface area contributed by atoms with E-state index in [4.69, 9.17) is 23.2 Å². The molecule has 1 fully saturated rings. The first kappa shape index (κ1) is 24.9. The predicted molar refractivity (Wildman–Crippen MR) is 134 cm³/mol. The molecule has 2 amide bonds. The quantitative estimate of drug-likeness (QED) is 0.436. The van der Waals surface area contributed by atoms with Crippen LogP contribution in [-0.4, -0.2) is 34.6 Å². The molecule has 0 saturated heterocycles. The van der Waals surface area contributed by atoms with Crippen LogP contribution in [0.15, 0.2) is 48.5 Å². The average molecular weight is 494 g/mol. The molecular formula is C25H30Cl2N2O2S. The Hall–Kier alpha value is -1.69. The lowest BCUT2D eigenvalue weighted by Crippen LogP contribution is -2.51. The zero-order valence-corrected chi connectivity index (χ0v) is 20.7. The van der Waals surface area contributed by atoms with Crippen LogP contribution in [0, 0.1) is 0 Å². The zero-order valence-electron chi connectivity index (χ0n) is 18.4. The van der Waals surface area contributed by atoms with Crippen molar-refractivity contribution in [1.82, 2.24) is 10.2 Å². The lowest BCUT2D eigenvalue weighted by atomic mass is 10.1. The average Bonchev–Trinajstić information content (AvgIpc) is 3.29. The summed E-state index contributed by atoms with van der Waals surface area (Å²) in [4.78, 5) is 28.1. The molecule has 0 radical (unpaired) electrons. The van der Waals surface area contributed by atoms with E-state index in [1.54, 1.807) is 4.90 Å². The Labute approximate surface area is 205 Å².